The molecule has 0 atom stereocenters. The lowest BCUT2D eigenvalue weighted by atomic mass is 10.1. The molecule has 2 aliphatic heterocycles. The second-order valence-electron chi connectivity index (χ2n) is 6.16. The highest BCUT2D eigenvalue weighted by molar-refractivity contribution is 5.56. The van der Waals surface area contributed by atoms with Crippen molar-refractivity contribution in [2.24, 2.45) is 0 Å². The predicted molar refractivity (Wildman–Crippen MR) is 79.0 cm³/mol. The number of halogens is 1. The lowest BCUT2D eigenvalue weighted by Crippen LogP contribution is -3.00. The first-order chi connectivity index (χ1) is 9.60. The molecule has 0 unspecified atom stereocenters. The van der Waals surface area contributed by atoms with Gasteiger partial charge in [-0.25, -0.2) is 0 Å². The summed E-state index contributed by atoms with van der Waals surface area (Å²) in [6.07, 6.45) is 2.71. The highest BCUT2D eigenvalue weighted by atomic mass is 79.9. The molecule has 1 aromatic rings. The number of benzene rings is 1. The van der Waals surface area contributed by atoms with Crippen LogP contribution in [0.5, 0.6) is 0 Å². The van der Waals surface area contributed by atoms with Gasteiger partial charge in [0.2, 0.25) is 0 Å². The van der Waals surface area contributed by atoms with E-state index in [9.17, 15) is 10.1 Å². The average Bonchev–Trinajstić information content (AvgIpc) is 2.88. The number of piperazine rings is 1. The normalized spacial score (nSPS) is 20.3. The lowest BCUT2D eigenvalue weighted by Gasteiger charge is -2.42. The second kappa shape index (κ2) is 6.32. The molecule has 1 aromatic carbocycles. The van der Waals surface area contributed by atoms with Crippen LogP contribution in [0.25, 0.3) is 0 Å². The molecule has 3 rings (SSSR count). The third-order valence-electron chi connectivity index (χ3n) is 4.96. The fourth-order valence-electron chi connectivity index (χ4n) is 3.59. The van der Waals surface area contributed by atoms with E-state index in [2.05, 4.69) is 4.90 Å². The maximum absolute atomic E-state index is 11.0. The smallest absolute Gasteiger partial charge is 0.274 e. The minimum atomic E-state index is -0.280. The maximum Gasteiger partial charge on any atom is 0.274 e. The van der Waals surface area contributed by atoms with Gasteiger partial charge in [-0.15, -0.1) is 0 Å². The molecular formula is C15H22BrN3O2. The highest BCUT2D eigenvalue weighted by Gasteiger charge is 2.35. The molecule has 2 heterocycles. The van der Waals surface area contributed by atoms with E-state index in [1.54, 1.807) is 13.0 Å². The van der Waals surface area contributed by atoms with Crippen LogP contribution in [-0.4, -0.2) is 48.7 Å². The van der Waals surface area contributed by atoms with Crippen LogP contribution >= 0.6 is 0 Å². The van der Waals surface area contributed by atoms with Crippen molar-refractivity contribution in [2.45, 2.75) is 19.8 Å². The molecule has 2 saturated heterocycles. The average molecular weight is 356 g/mol. The van der Waals surface area contributed by atoms with Crippen LogP contribution in [0, 0.1) is 17.0 Å². The number of nitro groups is 1. The lowest BCUT2D eigenvalue weighted by molar-refractivity contribution is -0.917. The van der Waals surface area contributed by atoms with Crippen LogP contribution in [0.2, 0.25) is 0 Å². The van der Waals surface area contributed by atoms with E-state index in [1.807, 2.05) is 12.1 Å². The molecule has 6 heteroatoms. The molecule has 0 aromatic heterocycles. The Labute approximate surface area is 136 Å². The zero-order valence-corrected chi connectivity index (χ0v) is 14.0. The summed E-state index contributed by atoms with van der Waals surface area (Å²) in [6.45, 7) is 8.83. The predicted octanol–water partition coefficient (Wildman–Crippen LogP) is -0.662. The zero-order chi connectivity index (χ0) is 14.2. The minimum Gasteiger partial charge on any atom is -1.00 e. The van der Waals surface area contributed by atoms with Crippen molar-refractivity contribution in [3.05, 3.63) is 33.9 Å². The quantitative estimate of drug-likeness (QED) is 0.402. The summed E-state index contributed by atoms with van der Waals surface area (Å²) in [4.78, 5) is 13.1. The maximum atomic E-state index is 11.0. The Morgan fingerprint density at radius 1 is 1.14 bits per heavy atom. The number of nitrogens with zero attached hydrogens (tertiary/aromatic N) is 3. The standard InChI is InChI=1S/C15H22N3O2.BrH/c1-13-4-5-14(12-15(13)17(19)20)16-6-10-18(11-7-16)8-2-3-9-18;/h4-5,12H,2-3,6-11H2,1H3;1H/q+1;/p-1. The summed E-state index contributed by atoms with van der Waals surface area (Å²) in [5, 5.41) is 11.0. The zero-order valence-electron chi connectivity index (χ0n) is 12.4. The fraction of sp³-hybridized carbons (Fsp3) is 0.600. The van der Waals surface area contributed by atoms with E-state index >= 15 is 0 Å². The van der Waals surface area contributed by atoms with Crippen LogP contribution in [0.4, 0.5) is 11.4 Å². The van der Waals surface area contributed by atoms with Crippen molar-refractivity contribution < 1.29 is 26.4 Å². The van der Waals surface area contributed by atoms with Crippen LogP contribution in [0.3, 0.4) is 0 Å². The van der Waals surface area contributed by atoms with Gasteiger partial charge >= 0.3 is 0 Å². The Hall–Kier alpha value is -1.14. The minimum absolute atomic E-state index is 0. The number of rotatable bonds is 2. The molecule has 0 N–H and O–H groups in total. The molecule has 2 aliphatic rings. The number of hydrogen-bond donors (Lipinski definition) is 0. The van der Waals surface area contributed by atoms with Gasteiger partial charge in [0, 0.05) is 30.2 Å². The van der Waals surface area contributed by atoms with E-state index in [0.717, 1.165) is 24.3 Å². The molecule has 21 heavy (non-hydrogen) atoms. The molecule has 116 valence electrons. The first kappa shape index (κ1) is 16.2. The fourth-order valence-corrected chi connectivity index (χ4v) is 3.59. The molecule has 0 radical (unpaired) electrons. The van der Waals surface area contributed by atoms with Crippen molar-refractivity contribution >= 4 is 11.4 Å². The molecule has 2 fully saturated rings. The van der Waals surface area contributed by atoms with E-state index in [-0.39, 0.29) is 27.6 Å². The Bertz CT molecular complexity index is 520. The number of nitro benzene ring substituents is 1. The van der Waals surface area contributed by atoms with Crippen molar-refractivity contribution in [1.29, 1.82) is 0 Å². The van der Waals surface area contributed by atoms with Gasteiger partial charge in [0.1, 0.15) is 0 Å². The van der Waals surface area contributed by atoms with Gasteiger partial charge in [0.15, 0.2) is 0 Å². The van der Waals surface area contributed by atoms with Crippen molar-refractivity contribution in [3.8, 4) is 0 Å². The van der Waals surface area contributed by atoms with E-state index in [4.69, 9.17) is 0 Å². The summed E-state index contributed by atoms with van der Waals surface area (Å²) in [5.41, 5.74) is 1.97. The van der Waals surface area contributed by atoms with Crippen LogP contribution in [-0.2, 0) is 0 Å². The number of quaternary nitrogens is 1. The second-order valence-corrected chi connectivity index (χ2v) is 6.16. The summed E-state index contributed by atoms with van der Waals surface area (Å²) < 4.78 is 1.27. The molecule has 0 amide bonds. The molecule has 0 aliphatic carbocycles. The SMILES string of the molecule is Cc1ccc(N2CC[N+]3(CCCC3)CC2)cc1[N+](=O)[O-].[Br-]. The largest absolute Gasteiger partial charge is 1.00 e. The third-order valence-corrected chi connectivity index (χ3v) is 4.96. The van der Waals surface area contributed by atoms with E-state index in [1.165, 1.54) is 43.5 Å². The van der Waals surface area contributed by atoms with Crippen molar-refractivity contribution in [1.82, 2.24) is 0 Å². The Morgan fingerprint density at radius 2 is 1.76 bits per heavy atom. The topological polar surface area (TPSA) is 46.4 Å². The van der Waals surface area contributed by atoms with Gasteiger partial charge in [-0.1, -0.05) is 6.07 Å². The van der Waals surface area contributed by atoms with Crippen molar-refractivity contribution in [2.75, 3.05) is 44.2 Å². The summed E-state index contributed by atoms with van der Waals surface area (Å²) in [6, 6.07) is 5.61. The summed E-state index contributed by atoms with van der Waals surface area (Å²) in [7, 11) is 0. The molecule has 0 bridgehead atoms. The number of aryl methyl sites for hydroxylation is 1. The molecule has 1 spiro atoms. The first-order valence-electron chi connectivity index (χ1n) is 7.45. The number of hydrogen-bond acceptors (Lipinski definition) is 3. The third kappa shape index (κ3) is 3.21. The van der Waals surface area contributed by atoms with E-state index < -0.39 is 0 Å². The van der Waals surface area contributed by atoms with Gasteiger partial charge < -0.3 is 26.4 Å². The monoisotopic (exact) mass is 355 g/mol. The van der Waals surface area contributed by atoms with Crippen molar-refractivity contribution in [3.63, 3.8) is 0 Å². The highest BCUT2D eigenvalue weighted by Crippen LogP contribution is 2.28. The summed E-state index contributed by atoms with van der Waals surface area (Å²) in [5.74, 6) is 0. The van der Waals surface area contributed by atoms with Gasteiger partial charge in [-0.3, -0.25) is 10.1 Å². The summed E-state index contributed by atoms with van der Waals surface area (Å²) >= 11 is 0. The molecule has 0 saturated carbocycles. The van der Waals surface area contributed by atoms with E-state index in [0.29, 0.717) is 0 Å². The van der Waals surface area contributed by atoms with Crippen LogP contribution in [0.1, 0.15) is 18.4 Å². The Balaban J connectivity index is 0.00000161. The van der Waals surface area contributed by atoms with Crippen LogP contribution in [0.15, 0.2) is 18.2 Å². The van der Waals surface area contributed by atoms with Gasteiger partial charge in [-0.05, 0) is 13.0 Å². The Kier molecular flexibility index (Phi) is 4.88. The van der Waals surface area contributed by atoms with Gasteiger partial charge in [-0.2, -0.15) is 0 Å². The molecular weight excluding hydrogens is 334 g/mol. The van der Waals surface area contributed by atoms with Crippen LogP contribution < -0.4 is 21.9 Å². The van der Waals surface area contributed by atoms with Gasteiger partial charge in [0.25, 0.3) is 5.69 Å². The molecule has 5 nitrogen and oxygen atoms in total. The number of anilines is 1. The van der Waals surface area contributed by atoms with Gasteiger partial charge in [0.05, 0.1) is 44.2 Å². The first-order valence-corrected chi connectivity index (χ1v) is 7.45. The Morgan fingerprint density at radius 3 is 2.33 bits per heavy atom.